The fourth-order valence-electron chi connectivity index (χ4n) is 2.73. The van der Waals surface area contributed by atoms with Gasteiger partial charge < -0.3 is 15.8 Å². The highest BCUT2D eigenvalue weighted by Crippen LogP contribution is 2.24. The molecule has 1 heterocycles. The highest BCUT2D eigenvalue weighted by molar-refractivity contribution is 5.93. The lowest BCUT2D eigenvalue weighted by Crippen LogP contribution is -2.36. The summed E-state index contributed by atoms with van der Waals surface area (Å²) in [6.07, 6.45) is 1.07. The third-order valence-corrected chi connectivity index (χ3v) is 3.85. The molecular formula is C15H24ClN3O2. The Labute approximate surface area is 132 Å². The number of rotatable bonds is 5. The lowest BCUT2D eigenvalue weighted by atomic mass is 10.1. The number of likely N-dealkylation sites (tertiary alicyclic amines) is 1. The van der Waals surface area contributed by atoms with Crippen LogP contribution in [0, 0.1) is 5.92 Å². The van der Waals surface area contributed by atoms with Gasteiger partial charge in [0.2, 0.25) is 5.91 Å². The topological polar surface area (TPSA) is 67.6 Å². The van der Waals surface area contributed by atoms with Crippen molar-refractivity contribution in [1.82, 2.24) is 4.90 Å². The first-order valence-electron chi connectivity index (χ1n) is 7.01. The number of nitrogens with zero attached hydrogens (tertiary/aromatic N) is 1. The van der Waals surface area contributed by atoms with Gasteiger partial charge in [-0.3, -0.25) is 9.69 Å². The van der Waals surface area contributed by atoms with Crippen molar-refractivity contribution in [3.8, 4) is 5.75 Å². The molecule has 5 nitrogen and oxygen atoms in total. The molecule has 2 atom stereocenters. The molecule has 1 aromatic carbocycles. The number of carbonyl (C=O) groups is 1. The molecule has 0 aromatic heterocycles. The van der Waals surface area contributed by atoms with E-state index in [0.717, 1.165) is 13.0 Å². The van der Waals surface area contributed by atoms with E-state index in [1.54, 1.807) is 7.11 Å². The summed E-state index contributed by atoms with van der Waals surface area (Å²) in [5.74, 6) is 1.17. The summed E-state index contributed by atoms with van der Waals surface area (Å²) in [5.41, 5.74) is 6.42. The first-order valence-corrected chi connectivity index (χ1v) is 7.01. The molecule has 1 aliphatic heterocycles. The summed E-state index contributed by atoms with van der Waals surface area (Å²) in [4.78, 5) is 14.3. The fourth-order valence-corrected chi connectivity index (χ4v) is 2.73. The Balaban J connectivity index is 0.00000220. The van der Waals surface area contributed by atoms with Crippen LogP contribution in [0.1, 0.15) is 13.3 Å². The molecule has 3 N–H and O–H groups in total. The van der Waals surface area contributed by atoms with Crippen molar-refractivity contribution < 1.29 is 9.53 Å². The summed E-state index contributed by atoms with van der Waals surface area (Å²) < 4.78 is 5.23. The van der Waals surface area contributed by atoms with Crippen molar-refractivity contribution >= 4 is 24.0 Å². The maximum atomic E-state index is 12.1. The smallest absolute Gasteiger partial charge is 0.238 e. The van der Waals surface area contributed by atoms with Gasteiger partial charge in [-0.25, -0.2) is 0 Å². The lowest BCUT2D eigenvalue weighted by Gasteiger charge is -2.20. The minimum Gasteiger partial charge on any atom is -0.495 e. The van der Waals surface area contributed by atoms with Gasteiger partial charge in [0.25, 0.3) is 0 Å². The minimum atomic E-state index is -0.0148. The van der Waals surface area contributed by atoms with E-state index < -0.39 is 0 Å². The van der Waals surface area contributed by atoms with Gasteiger partial charge in [0, 0.05) is 12.6 Å². The molecule has 118 valence electrons. The van der Waals surface area contributed by atoms with E-state index in [9.17, 15) is 4.79 Å². The second kappa shape index (κ2) is 8.22. The number of nitrogens with two attached hydrogens (primary N) is 1. The van der Waals surface area contributed by atoms with Crippen LogP contribution in [0.5, 0.6) is 5.75 Å². The van der Waals surface area contributed by atoms with Crippen molar-refractivity contribution in [2.24, 2.45) is 11.7 Å². The Morgan fingerprint density at radius 1 is 1.48 bits per heavy atom. The van der Waals surface area contributed by atoms with Crippen LogP contribution in [-0.4, -0.2) is 43.6 Å². The van der Waals surface area contributed by atoms with E-state index in [1.807, 2.05) is 24.3 Å². The number of hydrogen-bond acceptors (Lipinski definition) is 4. The molecule has 1 amide bonds. The molecule has 1 aromatic rings. The maximum absolute atomic E-state index is 12.1. The zero-order valence-corrected chi connectivity index (χ0v) is 13.4. The quantitative estimate of drug-likeness (QED) is 0.868. The van der Waals surface area contributed by atoms with Crippen LogP contribution < -0.4 is 15.8 Å². The number of nitrogens with one attached hydrogen (secondary N) is 1. The Bertz CT molecular complexity index is 470. The predicted octanol–water partition coefficient (Wildman–Crippen LogP) is 1.72. The van der Waals surface area contributed by atoms with Crippen LogP contribution in [0.4, 0.5) is 5.69 Å². The van der Waals surface area contributed by atoms with Crippen molar-refractivity contribution in [3.63, 3.8) is 0 Å². The largest absolute Gasteiger partial charge is 0.495 e. The predicted molar refractivity (Wildman–Crippen MR) is 87.1 cm³/mol. The Hall–Kier alpha value is -1.30. The second-order valence-corrected chi connectivity index (χ2v) is 5.36. The van der Waals surface area contributed by atoms with Crippen LogP contribution in [0.3, 0.4) is 0 Å². The molecule has 1 saturated heterocycles. The first kappa shape index (κ1) is 17.8. The van der Waals surface area contributed by atoms with Crippen LogP contribution in [0.25, 0.3) is 0 Å². The number of carbonyl (C=O) groups excluding carboxylic acids is 1. The van der Waals surface area contributed by atoms with Crippen LogP contribution in [-0.2, 0) is 4.79 Å². The van der Waals surface area contributed by atoms with Gasteiger partial charge in [0.1, 0.15) is 5.75 Å². The van der Waals surface area contributed by atoms with Gasteiger partial charge in [-0.2, -0.15) is 0 Å². The number of anilines is 1. The molecule has 1 fully saturated rings. The Morgan fingerprint density at radius 2 is 2.19 bits per heavy atom. The zero-order valence-electron chi connectivity index (χ0n) is 12.5. The van der Waals surface area contributed by atoms with E-state index in [1.165, 1.54) is 0 Å². The summed E-state index contributed by atoms with van der Waals surface area (Å²) in [6, 6.07) is 7.84. The number of ether oxygens (including phenoxy) is 1. The number of halogens is 1. The van der Waals surface area contributed by atoms with Gasteiger partial charge in [-0.05, 0) is 37.9 Å². The normalized spacial score (nSPS) is 21.7. The second-order valence-electron chi connectivity index (χ2n) is 5.36. The molecule has 2 unspecified atom stereocenters. The van der Waals surface area contributed by atoms with Crippen molar-refractivity contribution in [2.75, 3.05) is 32.1 Å². The van der Waals surface area contributed by atoms with Crippen molar-refractivity contribution in [3.05, 3.63) is 24.3 Å². The third kappa shape index (κ3) is 4.59. The zero-order chi connectivity index (χ0) is 14.5. The number of benzene rings is 1. The van der Waals surface area contributed by atoms with Gasteiger partial charge in [0.15, 0.2) is 0 Å². The molecule has 6 heteroatoms. The summed E-state index contributed by atoms with van der Waals surface area (Å²) in [5, 5.41) is 2.90. The number of amides is 1. The number of methoxy groups -OCH3 is 1. The van der Waals surface area contributed by atoms with E-state index in [0.29, 0.717) is 36.5 Å². The highest BCUT2D eigenvalue weighted by Gasteiger charge is 2.29. The minimum absolute atomic E-state index is 0. The molecule has 2 rings (SSSR count). The first-order chi connectivity index (χ1) is 9.63. The average molecular weight is 314 g/mol. The van der Waals surface area contributed by atoms with Gasteiger partial charge in [0.05, 0.1) is 19.3 Å². The van der Waals surface area contributed by atoms with Crippen LogP contribution >= 0.6 is 12.4 Å². The molecule has 0 spiro atoms. The third-order valence-electron chi connectivity index (χ3n) is 3.85. The summed E-state index contributed by atoms with van der Waals surface area (Å²) in [6.45, 7) is 4.13. The van der Waals surface area contributed by atoms with E-state index in [2.05, 4.69) is 17.1 Å². The highest BCUT2D eigenvalue weighted by atomic mass is 35.5. The number of hydrogen-bond donors (Lipinski definition) is 2. The van der Waals surface area contributed by atoms with Crippen LogP contribution in [0.2, 0.25) is 0 Å². The standard InChI is InChI=1S/C15H23N3O2.ClH/c1-11-7-12(8-16)9-18(11)10-15(19)17-13-5-3-4-6-14(13)20-2;/h3-6,11-12H,7-10,16H2,1-2H3,(H,17,19);1H. The molecule has 1 aliphatic rings. The molecule has 0 radical (unpaired) electrons. The van der Waals surface area contributed by atoms with Crippen molar-refractivity contribution in [1.29, 1.82) is 0 Å². The molecule has 0 bridgehead atoms. The van der Waals surface area contributed by atoms with Crippen molar-refractivity contribution in [2.45, 2.75) is 19.4 Å². The molecule has 0 saturated carbocycles. The van der Waals surface area contributed by atoms with Gasteiger partial charge in [-0.15, -0.1) is 12.4 Å². The monoisotopic (exact) mass is 313 g/mol. The van der Waals surface area contributed by atoms with Crippen LogP contribution in [0.15, 0.2) is 24.3 Å². The SMILES string of the molecule is COc1ccccc1NC(=O)CN1CC(CN)CC1C.Cl. The Kier molecular flexibility index (Phi) is 6.95. The Morgan fingerprint density at radius 3 is 2.81 bits per heavy atom. The number of para-hydroxylation sites is 2. The van der Waals surface area contributed by atoms with E-state index in [-0.39, 0.29) is 18.3 Å². The summed E-state index contributed by atoms with van der Waals surface area (Å²) >= 11 is 0. The fraction of sp³-hybridized carbons (Fsp3) is 0.533. The van der Waals surface area contributed by atoms with Gasteiger partial charge in [-0.1, -0.05) is 12.1 Å². The molecule has 21 heavy (non-hydrogen) atoms. The van der Waals surface area contributed by atoms with E-state index >= 15 is 0 Å². The van der Waals surface area contributed by atoms with E-state index in [4.69, 9.17) is 10.5 Å². The maximum Gasteiger partial charge on any atom is 0.238 e. The summed E-state index contributed by atoms with van der Waals surface area (Å²) in [7, 11) is 1.60. The lowest BCUT2D eigenvalue weighted by molar-refractivity contribution is -0.117. The van der Waals surface area contributed by atoms with Gasteiger partial charge >= 0.3 is 0 Å². The average Bonchev–Trinajstić information content (AvgIpc) is 2.80. The molecule has 0 aliphatic carbocycles. The molecular weight excluding hydrogens is 290 g/mol.